The number of carbonyl (C=O) groups excluding carboxylic acids is 1. The van der Waals surface area contributed by atoms with E-state index in [9.17, 15) is 9.90 Å². The standard InChI is InChI=1S/C15H22N2O3/c1-14(2,3)20-13(19)16-10-15(7-8-17-15)11-5-4-6-12(18)9-11/h4-6,9,17-18H,7-8,10H2,1-3H3,(H,16,19). The molecule has 1 aromatic rings. The Balaban J connectivity index is 2.01. The average molecular weight is 278 g/mol. The van der Waals surface area contributed by atoms with Gasteiger partial charge in [-0.25, -0.2) is 4.79 Å². The third-order valence-electron chi connectivity index (χ3n) is 3.35. The summed E-state index contributed by atoms with van der Waals surface area (Å²) >= 11 is 0. The van der Waals surface area contributed by atoms with Gasteiger partial charge < -0.3 is 20.5 Å². The van der Waals surface area contributed by atoms with E-state index in [1.165, 1.54) is 0 Å². The molecule has 1 heterocycles. The maximum atomic E-state index is 11.7. The van der Waals surface area contributed by atoms with Gasteiger partial charge in [0.1, 0.15) is 11.4 Å². The summed E-state index contributed by atoms with van der Waals surface area (Å²) < 4.78 is 5.23. The van der Waals surface area contributed by atoms with E-state index in [-0.39, 0.29) is 11.3 Å². The lowest BCUT2D eigenvalue weighted by Crippen LogP contribution is -2.60. The van der Waals surface area contributed by atoms with E-state index in [2.05, 4.69) is 10.6 Å². The highest BCUT2D eigenvalue weighted by atomic mass is 16.6. The maximum absolute atomic E-state index is 11.7. The predicted octanol–water partition coefficient (Wildman–Crippen LogP) is 2.11. The lowest BCUT2D eigenvalue weighted by atomic mass is 9.80. The molecule has 5 nitrogen and oxygen atoms in total. The molecule has 1 saturated heterocycles. The van der Waals surface area contributed by atoms with E-state index in [0.717, 1.165) is 18.5 Å². The molecule has 0 aromatic heterocycles. The van der Waals surface area contributed by atoms with Crippen LogP contribution in [0.4, 0.5) is 4.79 Å². The van der Waals surface area contributed by atoms with Gasteiger partial charge in [0.15, 0.2) is 0 Å². The van der Waals surface area contributed by atoms with Crippen molar-refractivity contribution < 1.29 is 14.6 Å². The van der Waals surface area contributed by atoms with Gasteiger partial charge in [-0.05, 0) is 51.4 Å². The van der Waals surface area contributed by atoms with E-state index in [4.69, 9.17) is 4.74 Å². The fraction of sp³-hybridized carbons (Fsp3) is 0.533. The number of phenolic OH excluding ortho intramolecular Hbond substituents is 1. The number of amides is 1. The van der Waals surface area contributed by atoms with Gasteiger partial charge in [0.05, 0.1) is 5.54 Å². The quantitative estimate of drug-likeness (QED) is 0.792. The van der Waals surface area contributed by atoms with E-state index >= 15 is 0 Å². The Hall–Kier alpha value is -1.75. The first-order chi connectivity index (χ1) is 9.31. The number of nitrogens with one attached hydrogen (secondary N) is 2. The second-order valence-electron chi connectivity index (χ2n) is 6.16. The van der Waals surface area contributed by atoms with Crippen molar-refractivity contribution in [2.24, 2.45) is 0 Å². The lowest BCUT2D eigenvalue weighted by molar-refractivity contribution is 0.0491. The lowest BCUT2D eigenvalue weighted by Gasteiger charge is -2.44. The van der Waals surface area contributed by atoms with E-state index in [0.29, 0.717) is 6.54 Å². The molecule has 1 unspecified atom stereocenters. The van der Waals surface area contributed by atoms with E-state index < -0.39 is 11.7 Å². The summed E-state index contributed by atoms with van der Waals surface area (Å²) in [5.41, 5.74) is 0.158. The number of phenols is 1. The highest BCUT2D eigenvalue weighted by Crippen LogP contribution is 2.32. The van der Waals surface area contributed by atoms with Crippen LogP contribution in [0.1, 0.15) is 32.8 Å². The van der Waals surface area contributed by atoms with Crippen LogP contribution in [0.15, 0.2) is 24.3 Å². The monoisotopic (exact) mass is 278 g/mol. The zero-order valence-corrected chi connectivity index (χ0v) is 12.2. The van der Waals surface area contributed by atoms with Gasteiger partial charge in [-0.3, -0.25) is 0 Å². The van der Waals surface area contributed by atoms with Gasteiger partial charge in [-0.15, -0.1) is 0 Å². The molecule has 20 heavy (non-hydrogen) atoms. The fourth-order valence-corrected chi connectivity index (χ4v) is 2.27. The summed E-state index contributed by atoms with van der Waals surface area (Å²) in [6.45, 7) is 6.83. The van der Waals surface area contributed by atoms with Crippen LogP contribution in [0.2, 0.25) is 0 Å². The molecule has 0 radical (unpaired) electrons. The first kappa shape index (κ1) is 14.7. The number of ether oxygens (including phenoxy) is 1. The van der Waals surface area contributed by atoms with Crippen LogP contribution in [0, 0.1) is 0 Å². The molecular weight excluding hydrogens is 256 g/mol. The molecule has 110 valence electrons. The van der Waals surface area contributed by atoms with E-state index in [1.54, 1.807) is 18.2 Å². The van der Waals surface area contributed by atoms with Crippen LogP contribution >= 0.6 is 0 Å². The normalized spacial score (nSPS) is 21.9. The summed E-state index contributed by atoms with van der Waals surface area (Å²) in [7, 11) is 0. The minimum atomic E-state index is -0.505. The van der Waals surface area contributed by atoms with Gasteiger partial charge >= 0.3 is 6.09 Å². The number of aromatic hydroxyl groups is 1. The summed E-state index contributed by atoms with van der Waals surface area (Å²) in [5.74, 6) is 0.229. The Morgan fingerprint density at radius 2 is 2.20 bits per heavy atom. The molecule has 1 aliphatic rings. The summed E-state index contributed by atoms with van der Waals surface area (Å²) in [6.07, 6.45) is 0.484. The molecular formula is C15H22N2O3. The van der Waals surface area contributed by atoms with Crippen molar-refractivity contribution in [2.45, 2.75) is 38.3 Å². The molecule has 0 spiro atoms. The molecule has 1 fully saturated rings. The molecule has 0 bridgehead atoms. The van der Waals surface area contributed by atoms with Crippen molar-refractivity contribution in [1.82, 2.24) is 10.6 Å². The zero-order chi connectivity index (χ0) is 14.8. The number of hydrogen-bond donors (Lipinski definition) is 3. The molecule has 3 N–H and O–H groups in total. The molecule has 1 aromatic carbocycles. The van der Waals surface area contributed by atoms with Crippen molar-refractivity contribution in [3.05, 3.63) is 29.8 Å². The molecule has 1 amide bonds. The molecule has 1 atom stereocenters. The number of hydrogen-bond acceptors (Lipinski definition) is 4. The predicted molar refractivity (Wildman–Crippen MR) is 76.6 cm³/mol. The molecule has 5 heteroatoms. The fourth-order valence-electron chi connectivity index (χ4n) is 2.27. The van der Waals surface area contributed by atoms with Gasteiger partial charge in [-0.2, -0.15) is 0 Å². The second kappa shape index (κ2) is 5.32. The van der Waals surface area contributed by atoms with Crippen LogP contribution in [0.5, 0.6) is 5.75 Å². The smallest absolute Gasteiger partial charge is 0.407 e. The van der Waals surface area contributed by atoms with Gasteiger partial charge in [0, 0.05) is 6.54 Å². The Morgan fingerprint density at radius 1 is 1.50 bits per heavy atom. The average Bonchev–Trinajstić information content (AvgIpc) is 2.25. The molecule has 0 saturated carbocycles. The number of alkyl carbamates (subject to hydrolysis) is 1. The van der Waals surface area contributed by atoms with Crippen molar-refractivity contribution in [3.63, 3.8) is 0 Å². The first-order valence-corrected chi connectivity index (χ1v) is 6.82. The summed E-state index contributed by atoms with van der Waals surface area (Å²) in [6, 6.07) is 7.11. The van der Waals surface area contributed by atoms with Crippen molar-refractivity contribution >= 4 is 6.09 Å². The Kier molecular flexibility index (Phi) is 3.90. The largest absolute Gasteiger partial charge is 0.508 e. The highest BCUT2D eigenvalue weighted by Gasteiger charge is 2.39. The second-order valence-corrected chi connectivity index (χ2v) is 6.16. The molecule has 0 aliphatic carbocycles. The number of benzene rings is 1. The third kappa shape index (κ3) is 3.42. The highest BCUT2D eigenvalue weighted by molar-refractivity contribution is 5.67. The van der Waals surface area contributed by atoms with Crippen molar-refractivity contribution in [2.75, 3.05) is 13.1 Å². The minimum Gasteiger partial charge on any atom is -0.508 e. The maximum Gasteiger partial charge on any atom is 0.407 e. The summed E-state index contributed by atoms with van der Waals surface area (Å²) in [4.78, 5) is 11.7. The third-order valence-corrected chi connectivity index (χ3v) is 3.35. The first-order valence-electron chi connectivity index (χ1n) is 6.82. The van der Waals surface area contributed by atoms with Gasteiger partial charge in [0.2, 0.25) is 0 Å². The Labute approximate surface area is 119 Å². The summed E-state index contributed by atoms with van der Waals surface area (Å²) in [5, 5.41) is 15.7. The van der Waals surface area contributed by atoms with Crippen LogP contribution in [0.3, 0.4) is 0 Å². The topological polar surface area (TPSA) is 70.6 Å². The van der Waals surface area contributed by atoms with Gasteiger partial charge in [-0.1, -0.05) is 12.1 Å². The number of rotatable bonds is 3. The Morgan fingerprint density at radius 3 is 2.70 bits per heavy atom. The van der Waals surface area contributed by atoms with Gasteiger partial charge in [0.25, 0.3) is 0 Å². The Bertz CT molecular complexity index is 490. The van der Waals surface area contributed by atoms with Crippen LogP contribution in [-0.4, -0.2) is 29.9 Å². The van der Waals surface area contributed by atoms with E-state index in [1.807, 2.05) is 26.8 Å². The number of carbonyl (C=O) groups is 1. The molecule has 2 rings (SSSR count). The van der Waals surface area contributed by atoms with Crippen LogP contribution in [0.25, 0.3) is 0 Å². The minimum absolute atomic E-state index is 0.229. The van der Waals surface area contributed by atoms with Crippen molar-refractivity contribution in [3.8, 4) is 5.75 Å². The zero-order valence-electron chi connectivity index (χ0n) is 12.2. The molecule has 1 aliphatic heterocycles. The van der Waals surface area contributed by atoms with Crippen LogP contribution in [-0.2, 0) is 10.3 Å². The SMILES string of the molecule is CC(C)(C)OC(=O)NCC1(c2cccc(O)c2)CCN1. The van der Waals surface area contributed by atoms with Crippen molar-refractivity contribution in [1.29, 1.82) is 0 Å². The van der Waals surface area contributed by atoms with Crippen LogP contribution < -0.4 is 10.6 Å².